The van der Waals surface area contributed by atoms with Crippen molar-refractivity contribution < 1.29 is 14.3 Å². The zero-order valence-electron chi connectivity index (χ0n) is 15.7. The molecule has 1 aromatic carbocycles. The van der Waals surface area contributed by atoms with Crippen molar-refractivity contribution in [2.24, 2.45) is 0 Å². The van der Waals surface area contributed by atoms with Crippen molar-refractivity contribution in [1.82, 2.24) is 10.2 Å². The largest absolute Gasteiger partial charge is 0.493 e. The second-order valence-electron chi connectivity index (χ2n) is 7.29. The lowest BCUT2D eigenvalue weighted by molar-refractivity contribution is 0.0934. The van der Waals surface area contributed by atoms with E-state index >= 15 is 0 Å². The number of carbonyl (C=O) groups is 1. The highest BCUT2D eigenvalue weighted by atomic mass is 127. The molecule has 1 aliphatic heterocycles. The first kappa shape index (κ1) is 19.7. The van der Waals surface area contributed by atoms with Crippen LogP contribution in [0.3, 0.4) is 0 Å². The molecule has 0 spiro atoms. The Hall–Kier alpha value is -1.02. The molecule has 1 aromatic rings. The van der Waals surface area contributed by atoms with Crippen LogP contribution < -0.4 is 14.8 Å². The second-order valence-corrected chi connectivity index (χ2v) is 8.45. The first-order valence-corrected chi connectivity index (χ1v) is 10.7. The zero-order valence-corrected chi connectivity index (χ0v) is 17.9. The molecule has 2 fully saturated rings. The van der Waals surface area contributed by atoms with Crippen LogP contribution in [-0.2, 0) is 0 Å². The molecule has 0 bridgehead atoms. The van der Waals surface area contributed by atoms with Crippen LogP contribution in [0.15, 0.2) is 12.1 Å². The number of likely N-dealkylation sites (tertiary alicyclic amines) is 1. The van der Waals surface area contributed by atoms with E-state index in [2.05, 4.69) is 32.8 Å². The first-order valence-electron chi connectivity index (χ1n) is 9.58. The van der Waals surface area contributed by atoms with Gasteiger partial charge in [-0.1, -0.05) is 25.7 Å². The number of nitrogens with zero attached hydrogens (tertiary/aromatic N) is 1. The highest BCUT2D eigenvalue weighted by Gasteiger charge is 2.30. The fourth-order valence-corrected chi connectivity index (χ4v) is 4.83. The van der Waals surface area contributed by atoms with Gasteiger partial charge < -0.3 is 14.8 Å². The van der Waals surface area contributed by atoms with Crippen LogP contribution in [0.4, 0.5) is 0 Å². The molecule has 3 rings (SSSR count). The van der Waals surface area contributed by atoms with E-state index < -0.39 is 0 Å². The highest BCUT2D eigenvalue weighted by Crippen LogP contribution is 2.31. The van der Waals surface area contributed by atoms with Crippen LogP contribution in [0.1, 0.15) is 55.3 Å². The fraction of sp³-hybridized carbons (Fsp3) is 0.650. The lowest BCUT2D eigenvalue weighted by atomic mass is 10.1. The molecule has 1 N–H and O–H groups in total. The fourth-order valence-electron chi connectivity index (χ4n) is 4.15. The number of amides is 1. The van der Waals surface area contributed by atoms with Gasteiger partial charge in [-0.2, -0.15) is 0 Å². The van der Waals surface area contributed by atoms with E-state index in [1.165, 1.54) is 38.5 Å². The number of methoxy groups -OCH3 is 2. The van der Waals surface area contributed by atoms with Gasteiger partial charge in [0.05, 0.1) is 19.8 Å². The van der Waals surface area contributed by atoms with E-state index in [9.17, 15) is 4.79 Å². The van der Waals surface area contributed by atoms with Gasteiger partial charge in [-0.05, 0) is 54.0 Å². The lowest BCUT2D eigenvalue weighted by Crippen LogP contribution is -2.40. The Bertz CT molecular complexity index is 630. The summed E-state index contributed by atoms with van der Waals surface area (Å²) < 4.78 is 11.5. The Morgan fingerprint density at radius 1 is 1.08 bits per heavy atom. The topological polar surface area (TPSA) is 50.8 Å². The number of carbonyl (C=O) groups excluding carboxylic acids is 1. The van der Waals surface area contributed by atoms with Gasteiger partial charge in [0.15, 0.2) is 11.5 Å². The Kier molecular flexibility index (Phi) is 7.03. The summed E-state index contributed by atoms with van der Waals surface area (Å²) in [6, 6.07) is 4.56. The van der Waals surface area contributed by atoms with E-state index in [4.69, 9.17) is 9.47 Å². The van der Waals surface area contributed by atoms with Crippen LogP contribution in [0.25, 0.3) is 0 Å². The normalized spacial score (nSPS) is 22.0. The predicted octanol–water partition coefficient (Wildman–Crippen LogP) is 3.84. The van der Waals surface area contributed by atoms with Crippen molar-refractivity contribution in [3.8, 4) is 11.5 Å². The monoisotopic (exact) mass is 472 g/mol. The van der Waals surface area contributed by atoms with Crippen LogP contribution >= 0.6 is 22.6 Å². The molecule has 1 saturated carbocycles. The Labute approximate surface area is 169 Å². The number of halogens is 1. The number of benzene rings is 1. The number of hydrogen-bond acceptors (Lipinski definition) is 4. The van der Waals surface area contributed by atoms with E-state index in [0.717, 1.165) is 23.1 Å². The minimum atomic E-state index is -0.0249. The number of hydrogen-bond donors (Lipinski definition) is 1. The lowest BCUT2D eigenvalue weighted by Gasteiger charge is -2.26. The van der Waals surface area contributed by atoms with Crippen LogP contribution in [0.2, 0.25) is 0 Å². The van der Waals surface area contributed by atoms with Gasteiger partial charge in [-0.15, -0.1) is 0 Å². The SMILES string of the molecule is COc1cc(I)c(C(=O)NC2CCN(C3CCCCCC3)C2)cc1OC. The molecule has 144 valence electrons. The average molecular weight is 472 g/mol. The molecule has 1 heterocycles. The third-order valence-corrected chi connectivity index (χ3v) is 6.51. The van der Waals surface area contributed by atoms with E-state index in [0.29, 0.717) is 23.1 Å². The molecule has 1 atom stereocenters. The highest BCUT2D eigenvalue weighted by molar-refractivity contribution is 14.1. The molecule has 1 saturated heterocycles. The molecule has 2 aliphatic rings. The summed E-state index contributed by atoms with van der Waals surface area (Å²) in [6.07, 6.45) is 9.11. The maximum absolute atomic E-state index is 12.8. The molecule has 6 heteroatoms. The molecule has 1 aliphatic carbocycles. The van der Waals surface area contributed by atoms with E-state index in [1.807, 2.05) is 6.07 Å². The van der Waals surface area contributed by atoms with Crippen molar-refractivity contribution in [3.63, 3.8) is 0 Å². The van der Waals surface area contributed by atoms with Crippen molar-refractivity contribution >= 4 is 28.5 Å². The van der Waals surface area contributed by atoms with Gasteiger partial charge in [0.25, 0.3) is 5.91 Å². The molecule has 5 nitrogen and oxygen atoms in total. The van der Waals surface area contributed by atoms with E-state index in [1.54, 1.807) is 20.3 Å². The van der Waals surface area contributed by atoms with Crippen molar-refractivity contribution in [2.45, 2.75) is 57.0 Å². The maximum Gasteiger partial charge on any atom is 0.252 e. The first-order chi connectivity index (χ1) is 12.6. The Morgan fingerprint density at radius 2 is 1.73 bits per heavy atom. The van der Waals surface area contributed by atoms with Crippen molar-refractivity contribution in [1.29, 1.82) is 0 Å². The molecular formula is C20H29IN2O3. The van der Waals surface area contributed by atoms with Gasteiger partial charge in [-0.25, -0.2) is 0 Å². The molecule has 1 unspecified atom stereocenters. The molecule has 1 amide bonds. The quantitative estimate of drug-likeness (QED) is 0.523. The van der Waals surface area contributed by atoms with Gasteiger partial charge >= 0.3 is 0 Å². The summed E-state index contributed by atoms with van der Waals surface area (Å²) in [7, 11) is 3.20. The third-order valence-electron chi connectivity index (χ3n) is 5.61. The summed E-state index contributed by atoms with van der Waals surface area (Å²) in [4.78, 5) is 15.4. The minimum Gasteiger partial charge on any atom is -0.493 e. The van der Waals surface area contributed by atoms with E-state index in [-0.39, 0.29) is 11.9 Å². The van der Waals surface area contributed by atoms with Gasteiger partial charge in [0.2, 0.25) is 0 Å². The Morgan fingerprint density at radius 3 is 2.38 bits per heavy atom. The second kappa shape index (κ2) is 9.26. The molecule has 0 radical (unpaired) electrons. The summed E-state index contributed by atoms with van der Waals surface area (Å²) in [5, 5.41) is 3.23. The molecule has 26 heavy (non-hydrogen) atoms. The van der Waals surface area contributed by atoms with Gasteiger partial charge in [0, 0.05) is 28.7 Å². The van der Waals surface area contributed by atoms with Crippen molar-refractivity contribution in [2.75, 3.05) is 27.3 Å². The standard InChI is InChI=1S/C20H29IN2O3/c1-25-18-11-16(17(21)12-19(18)26-2)20(24)22-14-9-10-23(13-14)15-7-5-3-4-6-8-15/h11-12,14-15H,3-10,13H2,1-2H3,(H,22,24). The van der Waals surface area contributed by atoms with Crippen LogP contribution in [0.5, 0.6) is 11.5 Å². The number of ether oxygens (including phenoxy) is 2. The van der Waals surface area contributed by atoms with Gasteiger partial charge in [0.1, 0.15) is 0 Å². The summed E-state index contributed by atoms with van der Waals surface area (Å²) in [5.74, 6) is 1.21. The number of rotatable bonds is 5. The average Bonchev–Trinajstić information content (AvgIpc) is 2.93. The third kappa shape index (κ3) is 4.63. The molecular weight excluding hydrogens is 443 g/mol. The molecule has 0 aromatic heterocycles. The minimum absolute atomic E-state index is 0.0249. The smallest absolute Gasteiger partial charge is 0.252 e. The maximum atomic E-state index is 12.8. The van der Waals surface area contributed by atoms with Gasteiger partial charge in [-0.3, -0.25) is 9.69 Å². The van der Waals surface area contributed by atoms with Crippen LogP contribution in [0, 0.1) is 3.57 Å². The predicted molar refractivity (Wildman–Crippen MR) is 111 cm³/mol. The van der Waals surface area contributed by atoms with Crippen LogP contribution in [-0.4, -0.2) is 50.2 Å². The summed E-state index contributed by atoms with van der Waals surface area (Å²) in [6.45, 7) is 2.07. The Balaban J connectivity index is 1.62. The van der Waals surface area contributed by atoms with Crippen molar-refractivity contribution in [3.05, 3.63) is 21.3 Å². The number of nitrogens with one attached hydrogen (secondary N) is 1. The zero-order chi connectivity index (χ0) is 18.5. The summed E-state index contributed by atoms with van der Waals surface area (Å²) >= 11 is 2.18. The summed E-state index contributed by atoms with van der Waals surface area (Å²) in [5.41, 5.74) is 0.649.